The number of nitrogens with zero attached hydrogens (tertiary/aromatic N) is 2. The summed E-state index contributed by atoms with van der Waals surface area (Å²) in [6.07, 6.45) is 0. The molecule has 0 radical (unpaired) electrons. The largest absolute Gasteiger partial charge is 0.325 e. The number of carbonyl (C=O) groups excluding carboxylic acids is 1. The summed E-state index contributed by atoms with van der Waals surface area (Å²) in [5.41, 5.74) is 1.31. The van der Waals surface area contributed by atoms with Crippen molar-refractivity contribution in [2.24, 2.45) is 5.92 Å². The van der Waals surface area contributed by atoms with Gasteiger partial charge in [0.05, 0.1) is 11.6 Å². The van der Waals surface area contributed by atoms with E-state index in [4.69, 9.17) is 0 Å². The fourth-order valence-corrected chi connectivity index (χ4v) is 4.41. The van der Waals surface area contributed by atoms with Gasteiger partial charge in [0.25, 0.3) is 5.56 Å². The Kier molecular flexibility index (Phi) is 4.75. The van der Waals surface area contributed by atoms with Crippen LogP contribution in [-0.4, -0.2) is 21.2 Å². The van der Waals surface area contributed by atoms with Gasteiger partial charge in [0, 0.05) is 34.9 Å². The second-order valence-electron chi connectivity index (χ2n) is 8.15. The molecule has 1 unspecified atom stereocenters. The second-order valence-corrected chi connectivity index (χ2v) is 9.13. The van der Waals surface area contributed by atoms with Crippen molar-refractivity contribution in [2.45, 2.75) is 37.9 Å². The molecule has 0 spiro atoms. The smallest absolute Gasteiger partial charge is 0.254 e. The van der Waals surface area contributed by atoms with Gasteiger partial charge in [0.2, 0.25) is 5.91 Å². The maximum Gasteiger partial charge on any atom is 0.254 e. The summed E-state index contributed by atoms with van der Waals surface area (Å²) >= 11 is 1.47. The van der Waals surface area contributed by atoms with Crippen LogP contribution < -0.4 is 10.9 Å². The Hall–Kier alpha value is -2.60. The molecule has 3 aromatic rings. The fraction of sp³-hybridized carbons (Fsp3) is 0.318. The molecular formula is C22H23N3O2S. The molecule has 0 saturated heterocycles. The number of benzene rings is 2. The van der Waals surface area contributed by atoms with Crippen LogP contribution >= 0.6 is 11.8 Å². The number of hydrogen-bond donors (Lipinski definition) is 1. The quantitative estimate of drug-likeness (QED) is 0.667. The number of carbonyl (C=O) groups is 1. The van der Waals surface area contributed by atoms with E-state index in [9.17, 15) is 9.59 Å². The van der Waals surface area contributed by atoms with Gasteiger partial charge in [0.15, 0.2) is 5.16 Å². The van der Waals surface area contributed by atoms with E-state index in [2.05, 4.69) is 10.3 Å². The third kappa shape index (κ3) is 3.56. The Balaban J connectivity index is 1.57. The van der Waals surface area contributed by atoms with Crippen LogP contribution in [0.25, 0.3) is 10.8 Å². The molecule has 1 aliphatic heterocycles. The number of anilines is 1. The molecule has 1 N–H and O–H groups in total. The molecule has 1 aliphatic rings. The van der Waals surface area contributed by atoms with Crippen LogP contribution in [-0.2, 0) is 16.8 Å². The Bertz CT molecular complexity index is 1110. The Morgan fingerprint density at radius 2 is 1.93 bits per heavy atom. The minimum atomic E-state index is -0.281. The molecule has 0 saturated carbocycles. The average Bonchev–Trinajstić information content (AvgIpc) is 2.67. The zero-order chi connectivity index (χ0) is 19.9. The van der Waals surface area contributed by atoms with Crippen LogP contribution in [0.15, 0.2) is 58.5 Å². The minimum Gasteiger partial charge on any atom is -0.325 e. The van der Waals surface area contributed by atoms with E-state index in [1.165, 1.54) is 11.8 Å². The van der Waals surface area contributed by atoms with Crippen LogP contribution in [0.4, 0.5) is 5.69 Å². The van der Waals surface area contributed by atoms with Gasteiger partial charge >= 0.3 is 0 Å². The lowest BCUT2D eigenvalue weighted by Gasteiger charge is -2.26. The van der Waals surface area contributed by atoms with Gasteiger partial charge in [-0.15, -0.1) is 0 Å². The molecule has 6 heteroatoms. The lowest BCUT2D eigenvalue weighted by molar-refractivity contribution is -0.119. The SMILES string of the molecule is CC(C)(C)c1cc(=O)n2c(n1)SCC(C(=O)Nc1cccc3ccccc13)C2. The molecule has 4 rings (SSSR count). The minimum absolute atomic E-state index is 0.0682. The molecule has 2 aromatic carbocycles. The van der Waals surface area contributed by atoms with E-state index in [-0.39, 0.29) is 22.8 Å². The summed E-state index contributed by atoms with van der Waals surface area (Å²) < 4.78 is 1.62. The number of rotatable bonds is 2. The number of thioether (sulfide) groups is 1. The maximum atomic E-state index is 12.9. The molecule has 0 aliphatic carbocycles. The lowest BCUT2D eigenvalue weighted by Crippen LogP contribution is -2.37. The molecule has 0 bridgehead atoms. The van der Waals surface area contributed by atoms with Crippen molar-refractivity contribution in [3.63, 3.8) is 0 Å². The highest BCUT2D eigenvalue weighted by atomic mass is 32.2. The van der Waals surface area contributed by atoms with Gasteiger partial charge in [-0.25, -0.2) is 4.98 Å². The second kappa shape index (κ2) is 7.09. The topological polar surface area (TPSA) is 64.0 Å². The highest BCUT2D eigenvalue weighted by molar-refractivity contribution is 7.99. The molecule has 1 aromatic heterocycles. The first-order valence-electron chi connectivity index (χ1n) is 9.37. The monoisotopic (exact) mass is 393 g/mol. The number of amides is 1. The molecule has 1 amide bonds. The lowest BCUT2D eigenvalue weighted by atomic mass is 9.92. The Morgan fingerprint density at radius 3 is 2.71 bits per heavy atom. The van der Waals surface area contributed by atoms with Gasteiger partial charge in [-0.1, -0.05) is 68.9 Å². The molecular weight excluding hydrogens is 370 g/mol. The van der Waals surface area contributed by atoms with Crippen LogP contribution in [0.5, 0.6) is 0 Å². The van der Waals surface area contributed by atoms with Crippen molar-refractivity contribution >= 4 is 34.1 Å². The third-order valence-corrected chi connectivity index (χ3v) is 6.12. The zero-order valence-electron chi connectivity index (χ0n) is 16.2. The summed E-state index contributed by atoms with van der Waals surface area (Å²) in [4.78, 5) is 30.2. The van der Waals surface area contributed by atoms with Gasteiger partial charge in [-0.2, -0.15) is 0 Å². The summed E-state index contributed by atoms with van der Waals surface area (Å²) in [6, 6.07) is 15.4. The zero-order valence-corrected chi connectivity index (χ0v) is 17.0. The van der Waals surface area contributed by atoms with Gasteiger partial charge in [0.1, 0.15) is 0 Å². The third-order valence-electron chi connectivity index (χ3n) is 4.98. The summed E-state index contributed by atoms with van der Waals surface area (Å²) in [5.74, 6) is 0.258. The summed E-state index contributed by atoms with van der Waals surface area (Å²) in [5, 5.41) is 5.85. The normalized spacial score (nSPS) is 16.6. The highest BCUT2D eigenvalue weighted by Crippen LogP contribution is 2.29. The summed E-state index contributed by atoms with van der Waals surface area (Å²) in [6.45, 7) is 6.48. The van der Waals surface area contributed by atoms with E-state index in [0.717, 1.165) is 22.2 Å². The molecule has 144 valence electrons. The van der Waals surface area contributed by atoms with E-state index in [0.29, 0.717) is 17.5 Å². The standard InChI is InChI=1S/C22H23N3O2S/c1-22(2,3)18-11-19(26)25-12-15(13-28-21(25)24-18)20(27)23-17-10-6-8-14-7-4-5-9-16(14)17/h4-11,15H,12-13H2,1-3H3,(H,23,27). The molecule has 1 atom stereocenters. The van der Waals surface area contributed by atoms with Crippen molar-refractivity contribution in [3.8, 4) is 0 Å². The first-order valence-corrected chi connectivity index (χ1v) is 10.4. The van der Waals surface area contributed by atoms with Crippen molar-refractivity contribution in [1.29, 1.82) is 0 Å². The van der Waals surface area contributed by atoms with E-state index < -0.39 is 0 Å². The van der Waals surface area contributed by atoms with E-state index in [1.807, 2.05) is 63.2 Å². The number of fused-ring (bicyclic) bond motifs is 2. The highest BCUT2D eigenvalue weighted by Gasteiger charge is 2.29. The van der Waals surface area contributed by atoms with Crippen LogP contribution in [0.2, 0.25) is 0 Å². The molecule has 0 fully saturated rings. The number of hydrogen-bond acceptors (Lipinski definition) is 4. The van der Waals surface area contributed by atoms with Crippen molar-refractivity contribution < 1.29 is 4.79 Å². The molecule has 2 heterocycles. The molecule has 5 nitrogen and oxygen atoms in total. The number of nitrogens with one attached hydrogen (secondary N) is 1. The first kappa shape index (κ1) is 18.7. The van der Waals surface area contributed by atoms with Gasteiger partial charge < -0.3 is 5.32 Å². The first-order chi connectivity index (χ1) is 13.3. The maximum absolute atomic E-state index is 12.9. The van der Waals surface area contributed by atoms with Crippen molar-refractivity contribution in [2.75, 3.05) is 11.1 Å². The molecule has 28 heavy (non-hydrogen) atoms. The Labute approximate surface area is 168 Å². The van der Waals surface area contributed by atoms with E-state index in [1.54, 1.807) is 10.6 Å². The number of aromatic nitrogens is 2. The summed E-state index contributed by atoms with van der Waals surface area (Å²) in [7, 11) is 0. The average molecular weight is 394 g/mol. The fourth-order valence-electron chi connectivity index (χ4n) is 3.32. The van der Waals surface area contributed by atoms with E-state index >= 15 is 0 Å². The predicted octanol–water partition coefficient (Wildman–Crippen LogP) is 4.05. The van der Waals surface area contributed by atoms with Crippen molar-refractivity contribution in [3.05, 3.63) is 64.6 Å². The van der Waals surface area contributed by atoms with Crippen molar-refractivity contribution in [1.82, 2.24) is 9.55 Å². The van der Waals surface area contributed by atoms with Gasteiger partial charge in [-0.3, -0.25) is 14.2 Å². The van der Waals surface area contributed by atoms with Gasteiger partial charge in [-0.05, 0) is 11.5 Å². The Morgan fingerprint density at radius 1 is 1.18 bits per heavy atom. The van der Waals surface area contributed by atoms with Crippen LogP contribution in [0, 0.1) is 5.92 Å². The van der Waals surface area contributed by atoms with Crippen LogP contribution in [0.3, 0.4) is 0 Å². The van der Waals surface area contributed by atoms with Crippen LogP contribution in [0.1, 0.15) is 26.5 Å². The predicted molar refractivity (Wildman–Crippen MR) is 114 cm³/mol.